The number of rotatable bonds is 2. The fraction of sp³-hybridized carbons (Fsp3) is 0.750. The lowest BCUT2D eigenvalue weighted by Crippen LogP contribution is -2.41. The van der Waals surface area contributed by atoms with Crippen molar-refractivity contribution in [3.8, 4) is 0 Å². The summed E-state index contributed by atoms with van der Waals surface area (Å²) in [5, 5.41) is 0. The molecule has 0 unspecified atom stereocenters. The Bertz CT molecular complexity index is 177. The van der Waals surface area contributed by atoms with Crippen LogP contribution in [0.2, 0.25) is 0 Å². The van der Waals surface area contributed by atoms with Crippen LogP contribution >= 0.6 is 0 Å². The van der Waals surface area contributed by atoms with Gasteiger partial charge in [0.2, 0.25) is 0 Å². The summed E-state index contributed by atoms with van der Waals surface area (Å²) in [4.78, 5) is 23.5. The first-order chi connectivity index (χ1) is 5.54. The third kappa shape index (κ3) is 2.53. The van der Waals surface area contributed by atoms with Crippen LogP contribution in [0.15, 0.2) is 0 Å². The van der Waals surface area contributed by atoms with Gasteiger partial charge in [-0.15, -0.1) is 0 Å². The summed E-state index contributed by atoms with van der Waals surface area (Å²) in [5.74, 6) is -1.37. The van der Waals surface area contributed by atoms with Gasteiger partial charge in [0.15, 0.2) is 0 Å². The van der Waals surface area contributed by atoms with Crippen LogP contribution < -0.4 is 0 Å². The molecule has 0 N–H and O–H groups in total. The van der Waals surface area contributed by atoms with Crippen molar-refractivity contribution in [2.24, 2.45) is 0 Å². The van der Waals surface area contributed by atoms with E-state index in [1.807, 2.05) is 20.8 Å². The van der Waals surface area contributed by atoms with E-state index in [1.54, 1.807) is 0 Å². The minimum Gasteiger partial charge on any atom is -0.462 e. The molecule has 4 nitrogen and oxygen atoms in total. The van der Waals surface area contributed by atoms with Crippen LogP contribution in [0.5, 0.6) is 0 Å². The zero-order chi connectivity index (χ0) is 9.72. The second-order valence-electron chi connectivity index (χ2n) is 2.68. The standard InChI is InChI=1S/C8H15NO3/c1-5-9(6(2)3)7(10)8(11)12-4/h6H,5H2,1-4H3. The lowest BCUT2D eigenvalue weighted by atomic mass is 10.3. The van der Waals surface area contributed by atoms with E-state index in [0.717, 1.165) is 0 Å². The van der Waals surface area contributed by atoms with Crippen LogP contribution in [0.25, 0.3) is 0 Å². The molecular weight excluding hydrogens is 158 g/mol. The molecule has 0 spiro atoms. The number of carbonyl (C=O) groups is 2. The zero-order valence-electron chi connectivity index (χ0n) is 7.96. The number of esters is 1. The molecule has 0 saturated carbocycles. The Morgan fingerprint density at radius 3 is 2.17 bits per heavy atom. The Balaban J connectivity index is 4.32. The van der Waals surface area contributed by atoms with E-state index in [1.165, 1.54) is 12.0 Å². The van der Waals surface area contributed by atoms with E-state index in [0.29, 0.717) is 6.54 Å². The van der Waals surface area contributed by atoms with E-state index < -0.39 is 11.9 Å². The van der Waals surface area contributed by atoms with E-state index in [-0.39, 0.29) is 6.04 Å². The molecule has 0 bridgehead atoms. The molecule has 0 aromatic heterocycles. The number of hydrogen-bond acceptors (Lipinski definition) is 3. The van der Waals surface area contributed by atoms with E-state index in [2.05, 4.69) is 4.74 Å². The average Bonchev–Trinajstić information content (AvgIpc) is 2.03. The minimum absolute atomic E-state index is 0.0293. The molecule has 0 aromatic rings. The normalized spacial score (nSPS) is 9.75. The molecule has 0 saturated heterocycles. The molecule has 1 amide bonds. The molecule has 0 aliphatic heterocycles. The number of nitrogens with zero attached hydrogens (tertiary/aromatic N) is 1. The molecule has 0 atom stereocenters. The highest BCUT2D eigenvalue weighted by Crippen LogP contribution is 1.98. The van der Waals surface area contributed by atoms with Gasteiger partial charge in [-0.1, -0.05) is 0 Å². The Morgan fingerprint density at radius 2 is 1.92 bits per heavy atom. The maximum Gasteiger partial charge on any atom is 0.396 e. The second kappa shape index (κ2) is 4.74. The monoisotopic (exact) mass is 173 g/mol. The predicted octanol–water partition coefficient (Wildman–Crippen LogP) is 0.416. The molecule has 0 rings (SSSR count). The van der Waals surface area contributed by atoms with Crippen molar-refractivity contribution in [2.75, 3.05) is 13.7 Å². The number of likely N-dealkylation sites (N-methyl/N-ethyl adjacent to an activating group) is 1. The number of amides is 1. The van der Waals surface area contributed by atoms with Gasteiger partial charge in [0.05, 0.1) is 7.11 Å². The number of carbonyl (C=O) groups excluding carboxylic acids is 2. The highest BCUT2D eigenvalue weighted by molar-refractivity contribution is 6.32. The summed E-state index contributed by atoms with van der Waals surface area (Å²) >= 11 is 0. The first-order valence-electron chi connectivity index (χ1n) is 3.93. The molecule has 0 heterocycles. The molecule has 0 aliphatic carbocycles. The van der Waals surface area contributed by atoms with Gasteiger partial charge >= 0.3 is 11.9 Å². The van der Waals surface area contributed by atoms with Gasteiger partial charge in [0.1, 0.15) is 0 Å². The van der Waals surface area contributed by atoms with E-state index in [4.69, 9.17) is 0 Å². The van der Waals surface area contributed by atoms with Crippen LogP contribution in [0, 0.1) is 0 Å². The Kier molecular flexibility index (Phi) is 4.33. The van der Waals surface area contributed by atoms with Gasteiger partial charge in [-0.25, -0.2) is 4.79 Å². The molecule has 70 valence electrons. The number of hydrogen-bond donors (Lipinski definition) is 0. The van der Waals surface area contributed by atoms with Crippen LogP contribution in [-0.4, -0.2) is 36.5 Å². The lowest BCUT2D eigenvalue weighted by molar-refractivity contribution is -0.159. The van der Waals surface area contributed by atoms with Gasteiger partial charge < -0.3 is 9.64 Å². The van der Waals surface area contributed by atoms with Crippen molar-refractivity contribution in [3.05, 3.63) is 0 Å². The SMILES string of the molecule is CCN(C(=O)C(=O)OC)C(C)C. The van der Waals surface area contributed by atoms with Crippen molar-refractivity contribution in [2.45, 2.75) is 26.8 Å². The van der Waals surface area contributed by atoms with Crippen LogP contribution in [0.4, 0.5) is 0 Å². The van der Waals surface area contributed by atoms with Crippen molar-refractivity contribution in [1.29, 1.82) is 0 Å². The van der Waals surface area contributed by atoms with Gasteiger partial charge in [0, 0.05) is 12.6 Å². The van der Waals surface area contributed by atoms with E-state index in [9.17, 15) is 9.59 Å². The van der Waals surface area contributed by atoms with Crippen LogP contribution in [-0.2, 0) is 14.3 Å². The van der Waals surface area contributed by atoms with Gasteiger partial charge in [-0.05, 0) is 20.8 Å². The Hall–Kier alpha value is -1.06. The van der Waals surface area contributed by atoms with Crippen LogP contribution in [0.3, 0.4) is 0 Å². The molecule has 12 heavy (non-hydrogen) atoms. The molecule has 4 heteroatoms. The maximum atomic E-state index is 11.2. The summed E-state index contributed by atoms with van der Waals surface area (Å²) in [7, 11) is 1.20. The Morgan fingerprint density at radius 1 is 1.42 bits per heavy atom. The van der Waals surface area contributed by atoms with Crippen molar-refractivity contribution < 1.29 is 14.3 Å². The quantitative estimate of drug-likeness (QED) is 0.449. The third-order valence-electron chi connectivity index (χ3n) is 1.58. The van der Waals surface area contributed by atoms with Gasteiger partial charge in [0.25, 0.3) is 0 Å². The van der Waals surface area contributed by atoms with Crippen molar-refractivity contribution in [3.63, 3.8) is 0 Å². The molecule has 0 radical (unpaired) electrons. The first kappa shape index (κ1) is 10.9. The molecule has 0 aliphatic rings. The van der Waals surface area contributed by atoms with E-state index >= 15 is 0 Å². The zero-order valence-corrected chi connectivity index (χ0v) is 7.96. The fourth-order valence-corrected chi connectivity index (χ4v) is 0.948. The van der Waals surface area contributed by atoms with Gasteiger partial charge in [-0.2, -0.15) is 0 Å². The summed E-state index contributed by atoms with van der Waals surface area (Å²) in [6.07, 6.45) is 0. The smallest absolute Gasteiger partial charge is 0.396 e. The summed E-state index contributed by atoms with van der Waals surface area (Å²) in [6.45, 7) is 6.04. The predicted molar refractivity (Wildman–Crippen MR) is 44.5 cm³/mol. The highest BCUT2D eigenvalue weighted by Gasteiger charge is 2.22. The van der Waals surface area contributed by atoms with Gasteiger partial charge in [-0.3, -0.25) is 4.79 Å². The Labute approximate surface area is 72.5 Å². The number of ether oxygens (including phenoxy) is 1. The highest BCUT2D eigenvalue weighted by atomic mass is 16.5. The second-order valence-corrected chi connectivity index (χ2v) is 2.68. The van der Waals surface area contributed by atoms with Crippen LogP contribution in [0.1, 0.15) is 20.8 Å². The minimum atomic E-state index is -0.800. The fourth-order valence-electron chi connectivity index (χ4n) is 0.948. The van der Waals surface area contributed by atoms with Crippen molar-refractivity contribution in [1.82, 2.24) is 4.90 Å². The summed E-state index contributed by atoms with van der Waals surface area (Å²) in [5.41, 5.74) is 0. The summed E-state index contributed by atoms with van der Waals surface area (Å²) in [6, 6.07) is 0.0293. The average molecular weight is 173 g/mol. The molecule has 0 fully saturated rings. The topological polar surface area (TPSA) is 46.6 Å². The number of methoxy groups -OCH3 is 1. The first-order valence-corrected chi connectivity index (χ1v) is 3.93. The van der Waals surface area contributed by atoms with Crippen molar-refractivity contribution >= 4 is 11.9 Å². The third-order valence-corrected chi connectivity index (χ3v) is 1.58. The molecular formula is C8H15NO3. The largest absolute Gasteiger partial charge is 0.462 e. The lowest BCUT2D eigenvalue weighted by Gasteiger charge is -2.23. The summed E-state index contributed by atoms with van der Waals surface area (Å²) < 4.78 is 4.31. The maximum absolute atomic E-state index is 11.2. The molecule has 0 aromatic carbocycles.